The Hall–Kier alpha value is -1.67. The van der Waals surface area contributed by atoms with Crippen molar-refractivity contribution in [2.45, 2.75) is 43.9 Å². The van der Waals surface area contributed by atoms with Gasteiger partial charge in [0.25, 0.3) is 0 Å². The number of nitrogens with one attached hydrogen (secondary N) is 2. The molecule has 1 saturated carbocycles. The SMILES string of the molecule is Clc1cccc(Cl)c1N=C1N[C@H]2CCCC[C@H]2N1.O=C(O)C(F)(F)F. The molecule has 0 radical (unpaired) electrons. The van der Waals surface area contributed by atoms with Gasteiger partial charge in [-0.3, -0.25) is 0 Å². The Kier molecular flexibility index (Phi) is 6.40. The number of carboxylic acids is 1. The van der Waals surface area contributed by atoms with Gasteiger partial charge >= 0.3 is 12.1 Å². The van der Waals surface area contributed by atoms with Crippen LogP contribution in [-0.2, 0) is 4.79 Å². The van der Waals surface area contributed by atoms with Gasteiger partial charge in [-0.2, -0.15) is 13.2 Å². The van der Waals surface area contributed by atoms with Crippen LogP contribution >= 0.6 is 23.2 Å². The molecule has 1 aliphatic heterocycles. The molecule has 138 valence electrons. The van der Waals surface area contributed by atoms with Crippen molar-refractivity contribution in [3.63, 3.8) is 0 Å². The van der Waals surface area contributed by atoms with Crippen LogP contribution in [0.25, 0.3) is 0 Å². The van der Waals surface area contributed by atoms with Gasteiger partial charge in [-0.15, -0.1) is 0 Å². The number of carboxylic acid groups (broad SMARTS) is 1. The van der Waals surface area contributed by atoms with E-state index >= 15 is 0 Å². The van der Waals surface area contributed by atoms with Crippen LogP contribution in [0, 0.1) is 0 Å². The van der Waals surface area contributed by atoms with Crippen LogP contribution in [0.15, 0.2) is 23.2 Å². The van der Waals surface area contributed by atoms with E-state index in [-0.39, 0.29) is 0 Å². The molecule has 1 aliphatic carbocycles. The van der Waals surface area contributed by atoms with Gasteiger partial charge in [-0.25, -0.2) is 9.79 Å². The Morgan fingerprint density at radius 1 is 1.12 bits per heavy atom. The molecular formula is C15H16Cl2F3N3O2. The van der Waals surface area contributed by atoms with Gasteiger partial charge < -0.3 is 15.7 Å². The monoisotopic (exact) mass is 397 g/mol. The van der Waals surface area contributed by atoms with Gasteiger partial charge in [0.15, 0.2) is 5.96 Å². The van der Waals surface area contributed by atoms with Crippen molar-refractivity contribution in [1.82, 2.24) is 10.6 Å². The van der Waals surface area contributed by atoms with Crippen LogP contribution in [0.5, 0.6) is 0 Å². The van der Waals surface area contributed by atoms with E-state index in [0.29, 0.717) is 27.8 Å². The summed E-state index contributed by atoms with van der Waals surface area (Å²) in [5.41, 5.74) is 0.634. The number of benzene rings is 1. The first-order valence-electron chi connectivity index (χ1n) is 7.54. The number of alkyl halides is 3. The smallest absolute Gasteiger partial charge is 0.475 e. The van der Waals surface area contributed by atoms with Gasteiger partial charge in [0.2, 0.25) is 0 Å². The summed E-state index contributed by atoms with van der Waals surface area (Å²) >= 11 is 12.2. The van der Waals surface area contributed by atoms with Gasteiger partial charge in [0.05, 0.1) is 10.0 Å². The molecule has 1 saturated heterocycles. The Morgan fingerprint density at radius 2 is 1.56 bits per heavy atom. The first-order valence-corrected chi connectivity index (χ1v) is 8.30. The highest BCUT2D eigenvalue weighted by molar-refractivity contribution is 6.38. The highest BCUT2D eigenvalue weighted by Crippen LogP contribution is 2.33. The zero-order chi connectivity index (χ0) is 18.6. The maximum absolute atomic E-state index is 10.6. The summed E-state index contributed by atoms with van der Waals surface area (Å²) in [6.07, 6.45) is -0.105. The van der Waals surface area contributed by atoms with Crippen molar-refractivity contribution in [3.05, 3.63) is 28.2 Å². The molecule has 5 nitrogen and oxygen atoms in total. The normalized spacial score (nSPS) is 23.8. The van der Waals surface area contributed by atoms with Gasteiger partial charge in [0.1, 0.15) is 5.69 Å². The largest absolute Gasteiger partial charge is 0.490 e. The van der Waals surface area contributed by atoms with Gasteiger partial charge in [-0.1, -0.05) is 42.1 Å². The first kappa shape index (κ1) is 19.7. The molecular weight excluding hydrogens is 382 g/mol. The van der Waals surface area contributed by atoms with E-state index in [1.807, 2.05) is 6.07 Å². The van der Waals surface area contributed by atoms with Crippen molar-refractivity contribution in [3.8, 4) is 0 Å². The minimum absolute atomic E-state index is 0.499. The number of hydrogen-bond donors (Lipinski definition) is 3. The standard InChI is InChI=1S/C13H15Cl2N3.C2HF3O2/c14-8-4-3-5-9(15)12(8)18-13-16-10-6-1-2-7-11(10)17-13;3-2(4,5)1(6)7/h3-5,10-11H,1-2,6-7H2,(H2,16,17,18);(H,6,7)/t10-,11+;. The fourth-order valence-corrected chi connectivity index (χ4v) is 3.12. The number of guanidine groups is 1. The minimum Gasteiger partial charge on any atom is -0.475 e. The molecule has 0 aromatic heterocycles. The molecule has 1 heterocycles. The van der Waals surface area contributed by atoms with Crippen molar-refractivity contribution in [2.24, 2.45) is 4.99 Å². The summed E-state index contributed by atoms with van der Waals surface area (Å²) in [6.45, 7) is 0. The van der Waals surface area contributed by atoms with Crippen LogP contribution in [0.2, 0.25) is 10.0 Å². The summed E-state index contributed by atoms with van der Waals surface area (Å²) < 4.78 is 31.7. The van der Waals surface area contributed by atoms with E-state index in [1.165, 1.54) is 25.7 Å². The van der Waals surface area contributed by atoms with Crippen LogP contribution in [0.1, 0.15) is 25.7 Å². The first-order chi connectivity index (χ1) is 11.7. The molecule has 1 aromatic carbocycles. The maximum Gasteiger partial charge on any atom is 0.490 e. The van der Waals surface area contributed by atoms with Crippen molar-refractivity contribution < 1.29 is 23.1 Å². The van der Waals surface area contributed by atoms with E-state index in [4.69, 9.17) is 33.1 Å². The third-order valence-corrected chi connectivity index (χ3v) is 4.42. The van der Waals surface area contributed by atoms with E-state index in [0.717, 1.165) is 5.96 Å². The lowest BCUT2D eigenvalue weighted by Crippen LogP contribution is -2.36. The highest BCUT2D eigenvalue weighted by Gasteiger charge is 2.38. The lowest BCUT2D eigenvalue weighted by molar-refractivity contribution is -0.192. The second-order valence-electron chi connectivity index (χ2n) is 5.62. The second kappa shape index (κ2) is 8.14. The fourth-order valence-electron chi connectivity index (χ4n) is 2.64. The number of carbonyl (C=O) groups is 1. The molecule has 3 N–H and O–H groups in total. The lowest BCUT2D eigenvalue weighted by atomic mass is 9.92. The number of fused-ring (bicyclic) bond motifs is 1. The quantitative estimate of drug-likeness (QED) is 0.666. The Bertz CT molecular complexity index is 632. The molecule has 0 bridgehead atoms. The fraction of sp³-hybridized carbons (Fsp3) is 0.467. The van der Waals surface area contributed by atoms with Crippen LogP contribution in [-0.4, -0.2) is 35.3 Å². The number of rotatable bonds is 1. The number of halogens is 5. The van der Waals surface area contributed by atoms with E-state index in [9.17, 15) is 13.2 Å². The third kappa shape index (κ3) is 5.40. The molecule has 0 unspecified atom stereocenters. The van der Waals surface area contributed by atoms with Gasteiger partial charge in [-0.05, 0) is 25.0 Å². The summed E-state index contributed by atoms with van der Waals surface area (Å²) in [5.74, 6) is -1.96. The molecule has 2 atom stereocenters. The van der Waals surface area contributed by atoms with Crippen molar-refractivity contribution in [2.75, 3.05) is 0 Å². The second-order valence-corrected chi connectivity index (χ2v) is 6.43. The maximum atomic E-state index is 10.6. The Labute approximate surface area is 152 Å². The molecule has 10 heteroatoms. The minimum atomic E-state index is -5.08. The van der Waals surface area contributed by atoms with E-state index < -0.39 is 12.1 Å². The van der Waals surface area contributed by atoms with E-state index in [2.05, 4.69) is 15.6 Å². The molecule has 25 heavy (non-hydrogen) atoms. The molecule has 1 aromatic rings. The zero-order valence-corrected chi connectivity index (χ0v) is 14.4. The zero-order valence-electron chi connectivity index (χ0n) is 12.9. The number of para-hydroxylation sites is 1. The number of aliphatic imine (C=N–C) groups is 1. The highest BCUT2D eigenvalue weighted by atomic mass is 35.5. The van der Waals surface area contributed by atoms with E-state index in [1.54, 1.807) is 12.1 Å². The Morgan fingerprint density at radius 3 is 1.96 bits per heavy atom. The van der Waals surface area contributed by atoms with Crippen LogP contribution in [0.3, 0.4) is 0 Å². The number of aliphatic carboxylic acids is 1. The van der Waals surface area contributed by atoms with Gasteiger partial charge in [0, 0.05) is 12.1 Å². The van der Waals surface area contributed by atoms with Crippen molar-refractivity contribution >= 4 is 40.8 Å². The number of nitrogens with zero attached hydrogens (tertiary/aromatic N) is 1. The molecule has 0 amide bonds. The molecule has 0 spiro atoms. The van der Waals surface area contributed by atoms with Crippen LogP contribution < -0.4 is 10.6 Å². The average Bonchev–Trinajstić information content (AvgIpc) is 2.93. The third-order valence-electron chi connectivity index (χ3n) is 3.81. The molecule has 2 fully saturated rings. The number of hydrogen-bond acceptors (Lipinski definition) is 2. The molecule has 3 rings (SSSR count). The topological polar surface area (TPSA) is 73.7 Å². The average molecular weight is 398 g/mol. The predicted molar refractivity (Wildman–Crippen MR) is 89.6 cm³/mol. The summed E-state index contributed by atoms with van der Waals surface area (Å²) in [7, 11) is 0. The molecule has 2 aliphatic rings. The van der Waals surface area contributed by atoms with Crippen LogP contribution in [0.4, 0.5) is 18.9 Å². The Balaban J connectivity index is 0.000000277. The predicted octanol–water partition coefficient (Wildman–Crippen LogP) is 4.12. The van der Waals surface area contributed by atoms with Crippen molar-refractivity contribution in [1.29, 1.82) is 0 Å². The summed E-state index contributed by atoms with van der Waals surface area (Å²) in [4.78, 5) is 13.4. The summed E-state index contributed by atoms with van der Waals surface area (Å²) in [5, 5.41) is 15.1. The lowest BCUT2D eigenvalue weighted by Gasteiger charge is -2.23. The summed E-state index contributed by atoms with van der Waals surface area (Å²) in [6, 6.07) is 6.42.